The summed E-state index contributed by atoms with van der Waals surface area (Å²) in [5.74, 6) is 5.07. The molecule has 2 aromatic rings. The molecule has 2 fully saturated rings. The summed E-state index contributed by atoms with van der Waals surface area (Å²) in [6, 6.07) is 13.8. The van der Waals surface area contributed by atoms with Crippen LogP contribution in [-0.2, 0) is 0 Å². The summed E-state index contributed by atoms with van der Waals surface area (Å²) >= 11 is 0. The Hall–Kier alpha value is -2.36. The molecule has 0 atom stereocenters. The number of benzene rings is 2. The molecular formula is C27H38N2O2. The van der Waals surface area contributed by atoms with E-state index in [0.717, 1.165) is 23.5 Å². The van der Waals surface area contributed by atoms with Crippen molar-refractivity contribution in [2.24, 2.45) is 17.8 Å². The molecule has 0 aromatic heterocycles. The van der Waals surface area contributed by atoms with Gasteiger partial charge >= 0.3 is 0 Å². The lowest BCUT2D eigenvalue weighted by molar-refractivity contribution is 0.120. The predicted molar refractivity (Wildman–Crippen MR) is 128 cm³/mol. The summed E-state index contributed by atoms with van der Waals surface area (Å²) in [5.41, 5.74) is 14.2. The van der Waals surface area contributed by atoms with Crippen LogP contribution in [0.15, 0.2) is 42.5 Å². The minimum Gasteiger partial charge on any atom is -0.458 e. The van der Waals surface area contributed by atoms with Crippen LogP contribution in [0, 0.1) is 17.8 Å². The van der Waals surface area contributed by atoms with Gasteiger partial charge in [0.2, 0.25) is 6.79 Å². The summed E-state index contributed by atoms with van der Waals surface area (Å²) in [5, 5.41) is 0. The molecule has 4 rings (SSSR count). The fraction of sp³-hybridized carbons (Fsp3) is 0.556. The lowest BCUT2D eigenvalue weighted by Crippen LogP contribution is -2.25. The van der Waals surface area contributed by atoms with Crippen LogP contribution in [0.1, 0.15) is 76.2 Å². The first kappa shape index (κ1) is 21.9. The van der Waals surface area contributed by atoms with Gasteiger partial charge < -0.3 is 20.9 Å². The zero-order valence-electron chi connectivity index (χ0n) is 18.9. The summed E-state index contributed by atoms with van der Waals surface area (Å²) < 4.78 is 11.4. The molecule has 31 heavy (non-hydrogen) atoms. The minimum absolute atomic E-state index is 0.124. The van der Waals surface area contributed by atoms with Crippen molar-refractivity contribution < 1.29 is 9.47 Å². The molecule has 0 aliphatic heterocycles. The van der Waals surface area contributed by atoms with Crippen LogP contribution in [0.5, 0.6) is 11.5 Å². The van der Waals surface area contributed by atoms with Gasteiger partial charge in [-0.15, -0.1) is 0 Å². The van der Waals surface area contributed by atoms with Gasteiger partial charge in [-0.1, -0.05) is 38.3 Å². The first-order valence-electron chi connectivity index (χ1n) is 12.1. The van der Waals surface area contributed by atoms with Crippen LogP contribution < -0.4 is 20.9 Å². The van der Waals surface area contributed by atoms with Gasteiger partial charge in [0, 0.05) is 5.69 Å². The first-order chi connectivity index (χ1) is 15.1. The van der Waals surface area contributed by atoms with Crippen LogP contribution in [0.2, 0.25) is 0 Å². The second-order valence-electron chi connectivity index (χ2n) is 9.57. The molecule has 0 amide bonds. The Balaban J connectivity index is 1.22. The van der Waals surface area contributed by atoms with E-state index in [1.54, 1.807) is 18.2 Å². The van der Waals surface area contributed by atoms with Crippen molar-refractivity contribution in [3.8, 4) is 11.5 Å². The maximum absolute atomic E-state index is 5.91. The Labute approximate surface area is 187 Å². The van der Waals surface area contributed by atoms with Gasteiger partial charge in [0.1, 0.15) is 11.5 Å². The Bertz CT molecular complexity index is 820. The van der Waals surface area contributed by atoms with E-state index in [9.17, 15) is 0 Å². The van der Waals surface area contributed by atoms with Crippen LogP contribution in [-0.4, -0.2) is 6.79 Å². The number of rotatable bonds is 7. The molecule has 0 radical (unpaired) electrons. The van der Waals surface area contributed by atoms with Crippen molar-refractivity contribution in [3.05, 3.63) is 48.0 Å². The van der Waals surface area contributed by atoms with Crippen LogP contribution in [0.4, 0.5) is 11.4 Å². The number of hydrogen-bond donors (Lipinski definition) is 2. The zero-order valence-corrected chi connectivity index (χ0v) is 18.9. The molecule has 4 nitrogen and oxygen atoms in total. The van der Waals surface area contributed by atoms with Crippen molar-refractivity contribution in [1.82, 2.24) is 0 Å². The molecule has 2 saturated carbocycles. The summed E-state index contributed by atoms with van der Waals surface area (Å²) in [4.78, 5) is 0. The minimum atomic E-state index is 0.124. The highest BCUT2D eigenvalue weighted by Gasteiger charge is 2.30. The Morgan fingerprint density at radius 3 is 2.03 bits per heavy atom. The number of nitrogen functional groups attached to an aromatic ring is 2. The van der Waals surface area contributed by atoms with Crippen LogP contribution in [0.25, 0.3) is 0 Å². The van der Waals surface area contributed by atoms with Gasteiger partial charge in [-0.05, 0) is 98.1 Å². The average molecular weight is 423 g/mol. The standard InChI is InChI=1S/C27H38N2O2/c1-2-19-3-5-20(6-4-19)21-7-9-22(10-8-21)23-11-14-25(15-12-23)30-18-31-27-16-13-24(28)17-26(27)29/h11-17,19-22H,2-10,18,28-29H2,1H3. The van der Waals surface area contributed by atoms with Crippen LogP contribution >= 0.6 is 0 Å². The van der Waals surface area contributed by atoms with Crippen LogP contribution in [0.3, 0.4) is 0 Å². The fourth-order valence-corrected chi connectivity index (χ4v) is 5.69. The number of ether oxygens (including phenoxy) is 2. The normalized spacial score (nSPS) is 26.4. The lowest BCUT2D eigenvalue weighted by atomic mass is 9.68. The maximum Gasteiger partial charge on any atom is 0.230 e. The van der Waals surface area contributed by atoms with Gasteiger partial charge in [0.05, 0.1) is 5.69 Å². The topological polar surface area (TPSA) is 70.5 Å². The summed E-state index contributed by atoms with van der Waals surface area (Å²) in [6.07, 6.45) is 12.7. The van der Waals surface area contributed by atoms with E-state index in [2.05, 4.69) is 31.2 Å². The van der Waals surface area contributed by atoms with Crippen molar-refractivity contribution in [1.29, 1.82) is 0 Å². The third kappa shape index (κ3) is 5.66. The predicted octanol–water partition coefficient (Wildman–Crippen LogP) is 6.76. The van der Waals surface area contributed by atoms with Gasteiger partial charge in [-0.25, -0.2) is 0 Å². The van der Waals surface area contributed by atoms with Gasteiger partial charge in [0.25, 0.3) is 0 Å². The van der Waals surface area contributed by atoms with Gasteiger partial charge in [-0.3, -0.25) is 0 Å². The smallest absolute Gasteiger partial charge is 0.230 e. The van der Waals surface area contributed by atoms with Crippen molar-refractivity contribution in [2.75, 3.05) is 18.3 Å². The molecule has 0 unspecified atom stereocenters. The summed E-state index contributed by atoms with van der Waals surface area (Å²) in [7, 11) is 0. The highest BCUT2D eigenvalue weighted by Crippen LogP contribution is 2.44. The maximum atomic E-state index is 5.91. The largest absolute Gasteiger partial charge is 0.458 e. The molecule has 4 N–H and O–H groups in total. The van der Waals surface area contributed by atoms with E-state index < -0.39 is 0 Å². The first-order valence-corrected chi connectivity index (χ1v) is 12.1. The molecule has 2 aromatic carbocycles. The molecule has 2 aliphatic rings. The highest BCUT2D eigenvalue weighted by atomic mass is 16.7. The van der Waals surface area contributed by atoms with E-state index in [1.807, 2.05) is 0 Å². The summed E-state index contributed by atoms with van der Waals surface area (Å²) in [6.45, 7) is 2.48. The second kappa shape index (κ2) is 10.3. The molecule has 4 heteroatoms. The Morgan fingerprint density at radius 1 is 0.774 bits per heavy atom. The fourth-order valence-electron chi connectivity index (χ4n) is 5.69. The number of anilines is 2. The van der Waals surface area contributed by atoms with E-state index >= 15 is 0 Å². The van der Waals surface area contributed by atoms with Gasteiger partial charge in [-0.2, -0.15) is 0 Å². The molecule has 0 bridgehead atoms. The SMILES string of the molecule is CCC1CCC(C2CCC(c3ccc(OCOc4ccc(N)cc4N)cc3)CC2)CC1. The average Bonchev–Trinajstić information content (AvgIpc) is 2.81. The second-order valence-corrected chi connectivity index (χ2v) is 9.57. The van der Waals surface area contributed by atoms with Crippen molar-refractivity contribution >= 4 is 11.4 Å². The molecule has 2 aliphatic carbocycles. The Kier molecular flexibility index (Phi) is 7.26. The molecule has 0 heterocycles. The third-order valence-corrected chi connectivity index (χ3v) is 7.73. The Morgan fingerprint density at radius 2 is 1.42 bits per heavy atom. The number of nitrogens with two attached hydrogens (primary N) is 2. The van der Waals surface area contributed by atoms with Crippen molar-refractivity contribution in [2.45, 2.75) is 70.6 Å². The molecule has 168 valence electrons. The van der Waals surface area contributed by atoms with E-state index in [1.165, 1.54) is 63.4 Å². The quantitative estimate of drug-likeness (QED) is 0.382. The zero-order chi connectivity index (χ0) is 21.6. The monoisotopic (exact) mass is 422 g/mol. The molecule has 0 spiro atoms. The van der Waals surface area contributed by atoms with E-state index in [0.29, 0.717) is 23.0 Å². The number of hydrogen-bond acceptors (Lipinski definition) is 4. The highest BCUT2D eigenvalue weighted by molar-refractivity contribution is 5.60. The van der Waals surface area contributed by atoms with Crippen molar-refractivity contribution in [3.63, 3.8) is 0 Å². The molecular weight excluding hydrogens is 384 g/mol. The lowest BCUT2D eigenvalue weighted by Gasteiger charge is -2.38. The molecule has 0 saturated heterocycles. The van der Waals surface area contributed by atoms with E-state index in [-0.39, 0.29) is 6.79 Å². The third-order valence-electron chi connectivity index (χ3n) is 7.73. The van der Waals surface area contributed by atoms with Gasteiger partial charge in [0.15, 0.2) is 0 Å². The van der Waals surface area contributed by atoms with E-state index in [4.69, 9.17) is 20.9 Å².